The van der Waals surface area contributed by atoms with Crippen LogP contribution in [-0.4, -0.2) is 7.05 Å². The molecule has 0 aromatic rings. The number of allylic oxidation sites excluding steroid dienone is 2. The van der Waals surface area contributed by atoms with Crippen LogP contribution in [0.15, 0.2) is 34.7 Å². The highest BCUT2D eigenvalue weighted by Gasteiger charge is 1.67. The van der Waals surface area contributed by atoms with Gasteiger partial charge in [0.25, 0.3) is 0 Å². The smallest absolute Gasteiger partial charge is 0.0493 e. The van der Waals surface area contributed by atoms with E-state index in [0.717, 1.165) is 5.57 Å². The predicted molar refractivity (Wildman–Crippen MR) is 34.7 cm³/mol. The largest absolute Gasteiger partial charge is 0.193 e. The lowest BCUT2D eigenvalue weighted by molar-refractivity contribution is 1.16. The summed E-state index contributed by atoms with van der Waals surface area (Å²) in [7, 11) is 1.63. The Balaban J connectivity index is 3.50. The monoisotopic (exact) mass is 110 g/mol. The van der Waals surface area contributed by atoms with E-state index in [2.05, 4.69) is 16.8 Å². The lowest BCUT2D eigenvalue weighted by Gasteiger charge is -1.77. The fourth-order valence-corrected chi connectivity index (χ4v) is 0.227. The van der Waals surface area contributed by atoms with Gasteiger partial charge in [0.05, 0.1) is 0 Å². The van der Waals surface area contributed by atoms with Gasteiger partial charge in [0.15, 0.2) is 0 Å². The molecular formula is C6H10N2. The zero-order chi connectivity index (χ0) is 6.41. The zero-order valence-corrected chi connectivity index (χ0v) is 5.26. The highest BCUT2D eigenvalue weighted by Crippen LogP contribution is 1.88. The molecule has 0 unspecified atom stereocenters. The molecule has 0 saturated heterocycles. The molecule has 0 N–H and O–H groups in total. The second-order valence-corrected chi connectivity index (χ2v) is 1.48. The van der Waals surface area contributed by atoms with Crippen molar-refractivity contribution in [1.29, 1.82) is 0 Å². The summed E-state index contributed by atoms with van der Waals surface area (Å²) >= 11 is 0. The van der Waals surface area contributed by atoms with Crippen LogP contribution in [0.5, 0.6) is 0 Å². The van der Waals surface area contributed by atoms with E-state index >= 15 is 0 Å². The van der Waals surface area contributed by atoms with Crippen LogP contribution < -0.4 is 0 Å². The van der Waals surface area contributed by atoms with Crippen LogP contribution in [-0.2, 0) is 0 Å². The number of azo groups is 1. The maximum atomic E-state index is 3.64. The molecule has 0 atom stereocenters. The first-order chi connectivity index (χ1) is 3.77. The molecule has 0 fully saturated rings. The minimum atomic E-state index is 0.984. The molecular weight excluding hydrogens is 100 g/mol. The average Bonchev–Trinajstić information content (AvgIpc) is 1.66. The Bertz CT molecular complexity index is 122. The van der Waals surface area contributed by atoms with Gasteiger partial charge in [-0.25, -0.2) is 0 Å². The molecule has 0 aromatic carbocycles. The van der Waals surface area contributed by atoms with Crippen molar-refractivity contribution in [2.45, 2.75) is 6.92 Å². The van der Waals surface area contributed by atoms with Crippen LogP contribution >= 0.6 is 0 Å². The Morgan fingerprint density at radius 3 is 2.62 bits per heavy atom. The quantitative estimate of drug-likeness (QED) is 0.384. The van der Waals surface area contributed by atoms with Crippen molar-refractivity contribution in [3.8, 4) is 0 Å². The van der Waals surface area contributed by atoms with E-state index in [1.165, 1.54) is 0 Å². The maximum Gasteiger partial charge on any atom is 0.0493 e. The van der Waals surface area contributed by atoms with Gasteiger partial charge in [0, 0.05) is 13.2 Å². The summed E-state index contributed by atoms with van der Waals surface area (Å²) in [6.07, 6.45) is 3.41. The molecule has 0 radical (unpaired) electrons. The zero-order valence-electron chi connectivity index (χ0n) is 5.26. The Morgan fingerprint density at radius 1 is 1.62 bits per heavy atom. The van der Waals surface area contributed by atoms with Gasteiger partial charge in [0.2, 0.25) is 0 Å². The van der Waals surface area contributed by atoms with Gasteiger partial charge < -0.3 is 0 Å². The van der Waals surface area contributed by atoms with Crippen molar-refractivity contribution in [3.05, 3.63) is 24.4 Å². The molecule has 0 aliphatic carbocycles. The molecule has 0 aromatic heterocycles. The van der Waals surface area contributed by atoms with Gasteiger partial charge in [-0.2, -0.15) is 10.2 Å². The van der Waals surface area contributed by atoms with E-state index in [4.69, 9.17) is 0 Å². The Labute approximate surface area is 49.6 Å². The standard InChI is InChI=1S/C6H10N2/c1-6(2)4-5-8-7-3/h4-5H,1H2,2-3H3/b5-4-,8-7?. The van der Waals surface area contributed by atoms with Crippen molar-refractivity contribution < 1.29 is 0 Å². The number of nitrogens with zero attached hydrogens (tertiary/aromatic N) is 2. The number of rotatable bonds is 2. The third kappa shape index (κ3) is 5.08. The van der Waals surface area contributed by atoms with Crippen LogP contribution in [0.2, 0.25) is 0 Å². The topological polar surface area (TPSA) is 24.7 Å². The molecule has 0 spiro atoms. The lowest BCUT2D eigenvalue weighted by Crippen LogP contribution is -1.57. The minimum absolute atomic E-state index is 0.984. The van der Waals surface area contributed by atoms with Crippen LogP contribution in [0.25, 0.3) is 0 Å². The number of hydrogen-bond donors (Lipinski definition) is 0. The summed E-state index contributed by atoms with van der Waals surface area (Å²) in [5.74, 6) is 0. The first-order valence-electron chi connectivity index (χ1n) is 2.38. The van der Waals surface area contributed by atoms with Gasteiger partial charge in [-0.1, -0.05) is 12.2 Å². The summed E-state index contributed by atoms with van der Waals surface area (Å²) < 4.78 is 0. The lowest BCUT2D eigenvalue weighted by atomic mass is 10.3. The summed E-state index contributed by atoms with van der Waals surface area (Å²) in [5.41, 5.74) is 0.984. The second-order valence-electron chi connectivity index (χ2n) is 1.48. The maximum absolute atomic E-state index is 3.64. The van der Waals surface area contributed by atoms with Crippen molar-refractivity contribution in [3.63, 3.8) is 0 Å². The summed E-state index contributed by atoms with van der Waals surface area (Å²) in [5, 5.41) is 7.10. The van der Waals surface area contributed by atoms with E-state index in [1.807, 2.05) is 6.92 Å². The highest BCUT2D eigenvalue weighted by atomic mass is 15.1. The molecule has 0 rings (SSSR count). The molecule has 0 aliphatic rings. The molecule has 44 valence electrons. The van der Waals surface area contributed by atoms with E-state index in [9.17, 15) is 0 Å². The predicted octanol–water partition coefficient (Wildman–Crippen LogP) is 2.16. The second kappa shape index (κ2) is 4.24. The van der Waals surface area contributed by atoms with Crippen molar-refractivity contribution in [1.82, 2.24) is 0 Å². The van der Waals surface area contributed by atoms with Crippen LogP contribution in [0.3, 0.4) is 0 Å². The summed E-state index contributed by atoms with van der Waals surface area (Å²) in [6, 6.07) is 0. The SMILES string of the molecule is C=C(C)/C=C\N=NC. The first kappa shape index (κ1) is 7.08. The molecule has 0 amide bonds. The summed E-state index contributed by atoms with van der Waals surface area (Å²) in [6.45, 7) is 5.54. The molecule has 8 heavy (non-hydrogen) atoms. The van der Waals surface area contributed by atoms with E-state index in [-0.39, 0.29) is 0 Å². The number of hydrogen-bond acceptors (Lipinski definition) is 2. The molecule has 2 heteroatoms. The van der Waals surface area contributed by atoms with Crippen molar-refractivity contribution in [2.24, 2.45) is 10.2 Å². The van der Waals surface area contributed by atoms with Gasteiger partial charge in [0.1, 0.15) is 0 Å². The molecule has 0 heterocycles. The Morgan fingerprint density at radius 2 is 2.25 bits per heavy atom. The highest BCUT2D eigenvalue weighted by molar-refractivity contribution is 5.09. The van der Waals surface area contributed by atoms with Gasteiger partial charge in [-0.3, -0.25) is 0 Å². The van der Waals surface area contributed by atoms with E-state index < -0.39 is 0 Å². The van der Waals surface area contributed by atoms with Gasteiger partial charge >= 0.3 is 0 Å². The van der Waals surface area contributed by atoms with Crippen LogP contribution in [0.1, 0.15) is 6.92 Å². The molecule has 0 saturated carbocycles. The fourth-order valence-electron chi connectivity index (χ4n) is 0.227. The van der Waals surface area contributed by atoms with E-state index in [0.29, 0.717) is 0 Å². The van der Waals surface area contributed by atoms with Crippen LogP contribution in [0, 0.1) is 0 Å². The van der Waals surface area contributed by atoms with Gasteiger partial charge in [-0.05, 0) is 13.0 Å². The normalized spacial score (nSPS) is 11.2. The first-order valence-corrected chi connectivity index (χ1v) is 2.38. The van der Waals surface area contributed by atoms with E-state index in [1.54, 1.807) is 19.3 Å². The van der Waals surface area contributed by atoms with Gasteiger partial charge in [-0.15, -0.1) is 0 Å². The minimum Gasteiger partial charge on any atom is -0.193 e. The third-order valence-electron chi connectivity index (χ3n) is 0.541. The Kier molecular flexibility index (Phi) is 3.76. The molecule has 0 bridgehead atoms. The Hall–Kier alpha value is -0.920. The van der Waals surface area contributed by atoms with Crippen LogP contribution in [0.4, 0.5) is 0 Å². The molecule has 2 nitrogen and oxygen atoms in total. The fraction of sp³-hybridized carbons (Fsp3) is 0.333. The summed E-state index contributed by atoms with van der Waals surface area (Å²) in [4.78, 5) is 0. The van der Waals surface area contributed by atoms with Crippen molar-refractivity contribution >= 4 is 0 Å². The average molecular weight is 110 g/mol. The third-order valence-corrected chi connectivity index (χ3v) is 0.541. The van der Waals surface area contributed by atoms with Crippen molar-refractivity contribution in [2.75, 3.05) is 7.05 Å². The molecule has 0 aliphatic heterocycles.